The highest BCUT2D eigenvalue weighted by Crippen LogP contribution is 2.44. The van der Waals surface area contributed by atoms with Crippen molar-refractivity contribution < 1.29 is 9.59 Å². The minimum Gasteiger partial charge on any atom is -0.314 e. The Kier molecular flexibility index (Phi) is 5.55. The lowest BCUT2D eigenvalue weighted by molar-refractivity contribution is -0.138. The van der Waals surface area contributed by atoms with Crippen LogP contribution in [-0.2, 0) is 29.1 Å². The predicted molar refractivity (Wildman–Crippen MR) is 124 cm³/mol. The third kappa shape index (κ3) is 3.88. The first-order valence-electron chi connectivity index (χ1n) is 10.1. The predicted octanol–water partition coefficient (Wildman–Crippen LogP) is 3.05. The lowest BCUT2D eigenvalue weighted by Crippen LogP contribution is -2.56. The number of hydrogen-bond donors (Lipinski definition) is 1. The van der Waals surface area contributed by atoms with E-state index in [0.717, 1.165) is 37.5 Å². The molecule has 1 N–H and O–H groups in total. The molecule has 2 saturated heterocycles. The van der Waals surface area contributed by atoms with Crippen LogP contribution in [0.4, 0.5) is 5.13 Å². The van der Waals surface area contributed by atoms with Gasteiger partial charge in [-0.1, -0.05) is 30.3 Å². The molecule has 3 aliphatic heterocycles. The van der Waals surface area contributed by atoms with Gasteiger partial charge in [-0.3, -0.25) is 14.5 Å². The molecule has 1 aromatic heterocycles. The molecule has 2 amide bonds. The van der Waals surface area contributed by atoms with Crippen molar-refractivity contribution >= 4 is 51.8 Å². The molecule has 0 unspecified atom stereocenters. The molecule has 0 radical (unpaired) electrons. The minimum absolute atomic E-state index is 0.0638. The van der Waals surface area contributed by atoms with Crippen molar-refractivity contribution in [2.45, 2.75) is 37.3 Å². The Labute approximate surface area is 188 Å². The van der Waals surface area contributed by atoms with Gasteiger partial charge in [-0.25, -0.2) is 4.98 Å². The van der Waals surface area contributed by atoms with Crippen LogP contribution in [-0.4, -0.2) is 61.3 Å². The minimum atomic E-state index is -0.413. The number of nitrogens with zero attached hydrogens (tertiary/aromatic N) is 3. The number of carbonyl (C=O) groups excluding carboxylic acids is 2. The number of hydrogen-bond acceptors (Lipinski definition) is 7. The molecule has 2 fully saturated rings. The fourth-order valence-corrected chi connectivity index (χ4v) is 8.09. The number of thiazole rings is 1. The molecular weight excluding hydrogens is 436 g/mol. The third-order valence-electron chi connectivity index (χ3n) is 5.83. The SMILES string of the molecule is C[C@@]12CSCC(=O)N1[C@@H](C(=O)Nc1nc3c(s1)CN(Cc1ccccc1)CC3)CS2. The summed E-state index contributed by atoms with van der Waals surface area (Å²) in [7, 11) is 0. The summed E-state index contributed by atoms with van der Waals surface area (Å²) in [6, 6.07) is 10.1. The summed E-state index contributed by atoms with van der Waals surface area (Å²) < 4.78 is 0. The van der Waals surface area contributed by atoms with Gasteiger partial charge >= 0.3 is 0 Å². The summed E-state index contributed by atoms with van der Waals surface area (Å²) in [5.74, 6) is 1.93. The van der Waals surface area contributed by atoms with E-state index in [-0.39, 0.29) is 16.7 Å². The van der Waals surface area contributed by atoms with Crippen LogP contribution in [0.15, 0.2) is 30.3 Å². The van der Waals surface area contributed by atoms with Crippen LogP contribution in [0.5, 0.6) is 0 Å². The summed E-state index contributed by atoms with van der Waals surface area (Å²) >= 11 is 4.93. The lowest BCUT2D eigenvalue weighted by Gasteiger charge is -2.40. The monoisotopic (exact) mass is 460 g/mol. The highest BCUT2D eigenvalue weighted by Gasteiger charge is 2.51. The summed E-state index contributed by atoms with van der Waals surface area (Å²) in [5, 5.41) is 3.67. The smallest absolute Gasteiger partial charge is 0.249 e. The first-order valence-corrected chi connectivity index (χ1v) is 13.1. The largest absolute Gasteiger partial charge is 0.314 e. The van der Waals surface area contributed by atoms with Crippen molar-refractivity contribution in [1.29, 1.82) is 0 Å². The quantitative estimate of drug-likeness (QED) is 0.757. The second-order valence-electron chi connectivity index (χ2n) is 8.08. The van der Waals surface area contributed by atoms with Gasteiger partial charge in [-0.05, 0) is 12.5 Å². The highest BCUT2D eigenvalue weighted by atomic mass is 32.2. The second kappa shape index (κ2) is 8.18. The molecule has 2 aromatic rings. The molecule has 0 spiro atoms. The van der Waals surface area contributed by atoms with Gasteiger partial charge < -0.3 is 10.2 Å². The Hall–Kier alpha value is -1.55. The molecule has 0 saturated carbocycles. The molecule has 6 nitrogen and oxygen atoms in total. The van der Waals surface area contributed by atoms with Gasteiger partial charge in [0.15, 0.2) is 5.13 Å². The van der Waals surface area contributed by atoms with E-state index >= 15 is 0 Å². The number of fused-ring (bicyclic) bond motifs is 2. The molecule has 9 heteroatoms. The average Bonchev–Trinajstić information content (AvgIpc) is 3.29. The van der Waals surface area contributed by atoms with Crippen molar-refractivity contribution in [2.75, 3.05) is 29.1 Å². The molecular formula is C21H24N4O2S3. The average molecular weight is 461 g/mol. The standard InChI is InChI=1S/C21H24N4O2S3/c1-21-13-28-12-18(26)25(21)16(11-29-21)19(27)23-20-22-15-7-8-24(10-17(15)30-20)9-14-5-3-2-4-6-14/h2-6,16H,7-13H2,1H3,(H,22,23,27)/t16-,21-/m1/s1. The van der Waals surface area contributed by atoms with Crippen LogP contribution < -0.4 is 5.32 Å². The van der Waals surface area contributed by atoms with Gasteiger partial charge in [0.1, 0.15) is 6.04 Å². The fourth-order valence-electron chi connectivity index (χ4n) is 4.34. The van der Waals surface area contributed by atoms with Crippen molar-refractivity contribution in [3.63, 3.8) is 0 Å². The number of nitrogens with one attached hydrogen (secondary N) is 1. The summed E-state index contributed by atoms with van der Waals surface area (Å²) in [4.78, 5) is 35.4. The van der Waals surface area contributed by atoms with E-state index in [1.54, 1.807) is 39.8 Å². The lowest BCUT2D eigenvalue weighted by atomic mass is 10.1. The summed E-state index contributed by atoms with van der Waals surface area (Å²) in [5.41, 5.74) is 2.40. The number of benzene rings is 1. The van der Waals surface area contributed by atoms with Crippen LogP contribution in [0, 0.1) is 0 Å². The van der Waals surface area contributed by atoms with Gasteiger partial charge in [0, 0.05) is 42.4 Å². The first-order chi connectivity index (χ1) is 14.5. The Balaban J connectivity index is 1.25. The number of carbonyl (C=O) groups is 2. The molecule has 4 heterocycles. The zero-order valence-electron chi connectivity index (χ0n) is 16.8. The van der Waals surface area contributed by atoms with Crippen LogP contribution in [0.25, 0.3) is 0 Å². The third-order valence-corrected chi connectivity index (χ3v) is 9.67. The van der Waals surface area contributed by atoms with Gasteiger partial charge in [-0.2, -0.15) is 0 Å². The Bertz CT molecular complexity index is 966. The fraction of sp³-hybridized carbons (Fsp3) is 0.476. The van der Waals surface area contributed by atoms with Crippen LogP contribution in [0.3, 0.4) is 0 Å². The van der Waals surface area contributed by atoms with Gasteiger partial charge in [-0.15, -0.1) is 34.9 Å². The molecule has 30 heavy (non-hydrogen) atoms. The van der Waals surface area contributed by atoms with Gasteiger partial charge in [0.05, 0.1) is 16.3 Å². The van der Waals surface area contributed by atoms with E-state index in [2.05, 4.69) is 46.4 Å². The maximum atomic E-state index is 13.0. The van der Waals surface area contributed by atoms with Crippen LogP contribution in [0.2, 0.25) is 0 Å². The van der Waals surface area contributed by atoms with E-state index in [9.17, 15) is 9.59 Å². The maximum Gasteiger partial charge on any atom is 0.249 e. The Morgan fingerprint density at radius 3 is 3.00 bits per heavy atom. The van der Waals surface area contributed by atoms with Gasteiger partial charge in [0.25, 0.3) is 0 Å². The molecule has 158 valence electrons. The van der Waals surface area contributed by atoms with Crippen molar-refractivity contribution in [3.05, 3.63) is 46.5 Å². The Morgan fingerprint density at radius 1 is 1.33 bits per heavy atom. The van der Waals surface area contributed by atoms with Crippen molar-refractivity contribution in [1.82, 2.24) is 14.8 Å². The number of amides is 2. The van der Waals surface area contributed by atoms with E-state index in [0.29, 0.717) is 16.6 Å². The molecule has 1 aromatic carbocycles. The first kappa shape index (κ1) is 20.4. The Morgan fingerprint density at radius 2 is 2.17 bits per heavy atom. The zero-order chi connectivity index (χ0) is 20.7. The summed E-state index contributed by atoms with van der Waals surface area (Å²) in [6.45, 7) is 4.82. The van der Waals surface area contributed by atoms with Crippen molar-refractivity contribution in [3.8, 4) is 0 Å². The van der Waals surface area contributed by atoms with Gasteiger partial charge in [0.2, 0.25) is 11.8 Å². The number of aromatic nitrogens is 1. The van der Waals surface area contributed by atoms with E-state index in [1.165, 1.54) is 10.4 Å². The maximum absolute atomic E-state index is 13.0. The highest BCUT2D eigenvalue weighted by molar-refractivity contribution is 8.04. The van der Waals surface area contributed by atoms with E-state index in [4.69, 9.17) is 0 Å². The summed E-state index contributed by atoms with van der Waals surface area (Å²) in [6.07, 6.45) is 0.897. The molecule has 5 rings (SSSR count). The van der Waals surface area contributed by atoms with E-state index in [1.807, 2.05) is 6.07 Å². The molecule has 3 aliphatic rings. The number of rotatable bonds is 4. The van der Waals surface area contributed by atoms with Crippen LogP contribution >= 0.6 is 34.9 Å². The number of anilines is 1. The van der Waals surface area contributed by atoms with Crippen LogP contribution in [0.1, 0.15) is 23.1 Å². The van der Waals surface area contributed by atoms with Crippen molar-refractivity contribution in [2.24, 2.45) is 0 Å². The molecule has 0 bridgehead atoms. The number of thioether (sulfide) groups is 2. The topological polar surface area (TPSA) is 65.5 Å². The second-order valence-corrected chi connectivity index (χ2v) is 11.7. The molecule has 2 atom stereocenters. The molecule has 0 aliphatic carbocycles. The normalized spacial score (nSPS) is 26.4. The van der Waals surface area contributed by atoms with E-state index < -0.39 is 6.04 Å². The zero-order valence-corrected chi connectivity index (χ0v) is 19.2.